The first kappa shape index (κ1) is 22.2. The molecule has 0 saturated heterocycles. The molecule has 0 spiro atoms. The highest BCUT2D eigenvalue weighted by Crippen LogP contribution is 2.41. The summed E-state index contributed by atoms with van der Waals surface area (Å²) < 4.78 is 5.60. The van der Waals surface area contributed by atoms with Crippen LogP contribution in [0.4, 0.5) is 0 Å². The Morgan fingerprint density at radius 2 is 1.48 bits per heavy atom. The van der Waals surface area contributed by atoms with Crippen molar-refractivity contribution in [2.24, 2.45) is 17.8 Å². The van der Waals surface area contributed by atoms with E-state index in [1.54, 1.807) is 6.08 Å². The summed E-state index contributed by atoms with van der Waals surface area (Å²) in [6.45, 7) is 4.24. The molecule has 154 valence electrons. The maximum absolute atomic E-state index is 11.8. The average molecular weight is 375 g/mol. The molecule has 2 heteroatoms. The topological polar surface area (TPSA) is 26.3 Å². The maximum Gasteiger partial charge on any atom is 0.331 e. The van der Waals surface area contributed by atoms with Crippen molar-refractivity contribution in [3.63, 3.8) is 0 Å². The van der Waals surface area contributed by atoms with Crippen molar-refractivity contribution in [3.05, 3.63) is 24.3 Å². The average Bonchev–Trinajstić information content (AvgIpc) is 2.69. The molecule has 0 aromatic heterocycles. The standard InChI is InChI=1S/C25H42O2/c1-3-5-7-8-10-11-21-13-15-22(16-14-21)23-17-19-24(20-18-23)27-25(26)12-9-6-4-2/h4,6,9,12,21-24H,3,5,7-8,10-11,13-20H2,1-2H3/b6-4+,12-9+. The van der Waals surface area contributed by atoms with Gasteiger partial charge in [0.1, 0.15) is 6.10 Å². The van der Waals surface area contributed by atoms with Crippen LogP contribution < -0.4 is 0 Å². The van der Waals surface area contributed by atoms with E-state index in [1.807, 2.05) is 19.1 Å². The number of rotatable bonds is 10. The third-order valence-electron chi connectivity index (χ3n) is 6.81. The van der Waals surface area contributed by atoms with Gasteiger partial charge < -0.3 is 4.74 Å². The lowest BCUT2D eigenvalue weighted by Gasteiger charge is -2.37. The van der Waals surface area contributed by atoms with Crippen molar-refractivity contribution in [1.82, 2.24) is 0 Å². The fourth-order valence-electron chi connectivity index (χ4n) is 5.11. The minimum atomic E-state index is -0.184. The summed E-state index contributed by atoms with van der Waals surface area (Å²) in [6.07, 6.45) is 26.2. The first-order chi connectivity index (χ1) is 13.2. The van der Waals surface area contributed by atoms with Crippen LogP contribution >= 0.6 is 0 Å². The van der Waals surface area contributed by atoms with Crippen molar-refractivity contribution in [2.45, 2.75) is 110 Å². The molecule has 0 atom stereocenters. The maximum atomic E-state index is 11.8. The summed E-state index contributed by atoms with van der Waals surface area (Å²) in [7, 11) is 0. The second kappa shape index (κ2) is 13.2. The van der Waals surface area contributed by atoms with Crippen LogP contribution in [0.3, 0.4) is 0 Å². The zero-order valence-corrected chi connectivity index (χ0v) is 17.8. The molecule has 2 rings (SSSR count). The number of ether oxygens (including phenoxy) is 1. The van der Waals surface area contributed by atoms with Gasteiger partial charge in [-0.2, -0.15) is 0 Å². The van der Waals surface area contributed by atoms with Crippen molar-refractivity contribution in [2.75, 3.05) is 0 Å². The summed E-state index contributed by atoms with van der Waals surface area (Å²) >= 11 is 0. The number of unbranched alkanes of at least 4 members (excludes halogenated alkanes) is 4. The summed E-state index contributed by atoms with van der Waals surface area (Å²) in [5, 5.41) is 0. The van der Waals surface area contributed by atoms with Crippen LogP contribution in [0.1, 0.15) is 104 Å². The van der Waals surface area contributed by atoms with Gasteiger partial charge in [0, 0.05) is 6.08 Å². The highest BCUT2D eigenvalue weighted by molar-refractivity contribution is 5.82. The predicted octanol–water partition coefficient (Wildman–Crippen LogP) is 7.39. The van der Waals surface area contributed by atoms with E-state index in [4.69, 9.17) is 4.74 Å². The molecule has 0 N–H and O–H groups in total. The molecule has 2 aliphatic carbocycles. The van der Waals surface area contributed by atoms with E-state index in [2.05, 4.69) is 6.92 Å². The molecule has 27 heavy (non-hydrogen) atoms. The Kier molecular flexibility index (Phi) is 10.9. The van der Waals surface area contributed by atoms with E-state index in [0.717, 1.165) is 30.6 Å². The van der Waals surface area contributed by atoms with Gasteiger partial charge in [-0.1, -0.05) is 76.5 Å². The van der Waals surface area contributed by atoms with Crippen molar-refractivity contribution >= 4 is 5.97 Å². The number of hydrogen-bond donors (Lipinski definition) is 0. The van der Waals surface area contributed by atoms with Gasteiger partial charge in [0.15, 0.2) is 0 Å². The highest BCUT2D eigenvalue weighted by Gasteiger charge is 2.31. The van der Waals surface area contributed by atoms with E-state index < -0.39 is 0 Å². The van der Waals surface area contributed by atoms with Crippen molar-refractivity contribution in [3.8, 4) is 0 Å². The van der Waals surface area contributed by atoms with Crippen LogP contribution in [0.25, 0.3) is 0 Å². The summed E-state index contributed by atoms with van der Waals surface area (Å²) in [5.41, 5.74) is 0. The van der Waals surface area contributed by atoms with Crippen molar-refractivity contribution < 1.29 is 9.53 Å². The minimum absolute atomic E-state index is 0.142. The molecule has 0 unspecified atom stereocenters. The zero-order chi connectivity index (χ0) is 19.3. The molecule has 0 aromatic rings. The van der Waals surface area contributed by atoms with Crippen LogP contribution in [0.15, 0.2) is 24.3 Å². The largest absolute Gasteiger partial charge is 0.459 e. The van der Waals surface area contributed by atoms with E-state index in [1.165, 1.54) is 83.1 Å². The lowest BCUT2D eigenvalue weighted by atomic mass is 9.70. The monoisotopic (exact) mass is 374 g/mol. The fraction of sp³-hybridized carbons (Fsp3) is 0.800. The highest BCUT2D eigenvalue weighted by atomic mass is 16.5. The zero-order valence-electron chi connectivity index (χ0n) is 17.8. The van der Waals surface area contributed by atoms with E-state index in [0.29, 0.717) is 0 Å². The van der Waals surface area contributed by atoms with Gasteiger partial charge in [-0.05, 0) is 63.2 Å². The van der Waals surface area contributed by atoms with E-state index >= 15 is 0 Å². The van der Waals surface area contributed by atoms with E-state index in [9.17, 15) is 4.79 Å². The molecule has 2 aliphatic rings. The Morgan fingerprint density at radius 3 is 2.11 bits per heavy atom. The second-order valence-electron chi connectivity index (χ2n) is 8.84. The van der Waals surface area contributed by atoms with Crippen LogP contribution in [-0.2, 0) is 9.53 Å². The Balaban J connectivity index is 1.58. The number of allylic oxidation sites excluding steroid dienone is 3. The minimum Gasteiger partial charge on any atom is -0.459 e. The first-order valence-electron chi connectivity index (χ1n) is 11.7. The Hall–Kier alpha value is -1.05. The lowest BCUT2D eigenvalue weighted by Crippen LogP contribution is -2.29. The second-order valence-corrected chi connectivity index (χ2v) is 8.84. The van der Waals surface area contributed by atoms with Gasteiger partial charge in [-0.3, -0.25) is 0 Å². The number of esters is 1. The van der Waals surface area contributed by atoms with Crippen LogP contribution in [0, 0.1) is 17.8 Å². The van der Waals surface area contributed by atoms with Gasteiger partial charge in [0.2, 0.25) is 0 Å². The Bertz CT molecular complexity index is 449. The SMILES string of the molecule is C/C=C/C=C/C(=O)OC1CCC(C2CCC(CCCCCCC)CC2)CC1. The molecule has 2 nitrogen and oxygen atoms in total. The first-order valence-corrected chi connectivity index (χ1v) is 11.7. The lowest BCUT2D eigenvalue weighted by molar-refractivity contribution is -0.145. The normalized spacial score (nSPS) is 29.4. The van der Waals surface area contributed by atoms with E-state index in [-0.39, 0.29) is 12.1 Å². The van der Waals surface area contributed by atoms with Gasteiger partial charge in [-0.25, -0.2) is 4.79 Å². The molecule has 0 amide bonds. The predicted molar refractivity (Wildman–Crippen MR) is 115 cm³/mol. The van der Waals surface area contributed by atoms with Crippen molar-refractivity contribution in [1.29, 1.82) is 0 Å². The molecular formula is C25H42O2. The summed E-state index contributed by atoms with van der Waals surface area (Å²) in [5.74, 6) is 2.64. The van der Waals surface area contributed by atoms with Gasteiger partial charge in [-0.15, -0.1) is 0 Å². The molecule has 0 aromatic carbocycles. The summed E-state index contributed by atoms with van der Waals surface area (Å²) in [6, 6.07) is 0. The van der Waals surface area contributed by atoms with Gasteiger partial charge in [0.25, 0.3) is 0 Å². The molecular weight excluding hydrogens is 332 g/mol. The molecule has 0 bridgehead atoms. The number of carbonyl (C=O) groups is 1. The molecule has 2 saturated carbocycles. The third-order valence-corrected chi connectivity index (χ3v) is 6.81. The molecule has 0 heterocycles. The Labute approximate surface area is 167 Å². The van der Waals surface area contributed by atoms with Gasteiger partial charge in [0.05, 0.1) is 0 Å². The smallest absolute Gasteiger partial charge is 0.331 e. The number of carbonyl (C=O) groups excluding carboxylic acids is 1. The quantitative estimate of drug-likeness (QED) is 0.172. The van der Waals surface area contributed by atoms with Crippen LogP contribution in [0.2, 0.25) is 0 Å². The third kappa shape index (κ3) is 8.66. The van der Waals surface area contributed by atoms with Crippen LogP contribution in [-0.4, -0.2) is 12.1 Å². The molecule has 2 fully saturated rings. The molecule has 0 aliphatic heterocycles. The fourth-order valence-corrected chi connectivity index (χ4v) is 5.11. The molecule has 0 radical (unpaired) electrons. The van der Waals surface area contributed by atoms with Crippen LogP contribution in [0.5, 0.6) is 0 Å². The Morgan fingerprint density at radius 1 is 0.852 bits per heavy atom. The number of hydrogen-bond acceptors (Lipinski definition) is 2. The summed E-state index contributed by atoms with van der Waals surface area (Å²) in [4.78, 5) is 11.8. The van der Waals surface area contributed by atoms with Gasteiger partial charge >= 0.3 is 5.97 Å².